The molecule has 2 aromatic carbocycles. The number of hydrogen-bond acceptors (Lipinski definition) is 1. The molecule has 0 spiro atoms. The van der Waals surface area contributed by atoms with E-state index >= 15 is 0 Å². The van der Waals surface area contributed by atoms with Gasteiger partial charge in [0.25, 0.3) is 0 Å². The van der Waals surface area contributed by atoms with Crippen molar-refractivity contribution in [2.75, 3.05) is 0 Å². The van der Waals surface area contributed by atoms with Gasteiger partial charge in [-0.3, -0.25) is 0 Å². The Bertz CT molecular complexity index is 743. The van der Waals surface area contributed by atoms with E-state index in [1.165, 1.54) is 30.3 Å². The zero-order valence-electron chi connectivity index (χ0n) is 14.0. The van der Waals surface area contributed by atoms with Gasteiger partial charge in [0.15, 0.2) is 6.10 Å². The summed E-state index contributed by atoms with van der Waals surface area (Å²) in [5.41, 5.74) is 0.722. The van der Waals surface area contributed by atoms with Gasteiger partial charge in [-0.2, -0.15) is 8.78 Å². The van der Waals surface area contributed by atoms with Crippen molar-refractivity contribution in [1.82, 2.24) is 0 Å². The first-order valence-corrected chi connectivity index (χ1v) is 8.88. The van der Waals surface area contributed by atoms with E-state index in [-0.39, 0.29) is 17.7 Å². The maximum absolute atomic E-state index is 14.9. The summed E-state index contributed by atoms with van der Waals surface area (Å²) in [6.07, 6.45) is 2.17. The zero-order chi connectivity index (χ0) is 18.0. The Labute approximate surface area is 150 Å². The van der Waals surface area contributed by atoms with Crippen LogP contribution in [0.15, 0.2) is 36.4 Å². The molecule has 0 radical (unpaired) electrons. The molecule has 1 heterocycles. The molecule has 5 heteroatoms. The third-order valence-corrected chi connectivity index (χ3v) is 4.79. The molecule has 1 aliphatic heterocycles. The average molecular weight is 369 g/mol. The van der Waals surface area contributed by atoms with E-state index in [0.29, 0.717) is 11.4 Å². The number of benzene rings is 2. The van der Waals surface area contributed by atoms with Gasteiger partial charge >= 0.3 is 5.92 Å². The molecule has 0 amide bonds. The van der Waals surface area contributed by atoms with Gasteiger partial charge in [0.1, 0.15) is 5.82 Å². The summed E-state index contributed by atoms with van der Waals surface area (Å²) in [5.74, 6) is -4.29. The van der Waals surface area contributed by atoms with Crippen LogP contribution in [0.4, 0.5) is 13.2 Å². The monoisotopic (exact) mass is 368 g/mol. The topological polar surface area (TPSA) is 9.23 Å². The van der Waals surface area contributed by atoms with Crippen LogP contribution in [-0.4, -0.2) is 0 Å². The Morgan fingerprint density at radius 1 is 1.16 bits per heavy atom. The molecule has 3 rings (SSSR count). The number of ether oxygens (including phenoxy) is 1. The first-order chi connectivity index (χ1) is 11.9. The molecular weight excluding hydrogens is 349 g/mol. The first-order valence-electron chi connectivity index (χ1n) is 8.50. The Morgan fingerprint density at radius 2 is 1.88 bits per heavy atom. The highest BCUT2D eigenvalue weighted by molar-refractivity contribution is 6.30. The van der Waals surface area contributed by atoms with E-state index in [1.807, 2.05) is 0 Å². The molecular formula is C20H20ClF3O. The molecule has 0 N–H and O–H groups in total. The van der Waals surface area contributed by atoms with Crippen LogP contribution in [0.25, 0.3) is 0 Å². The van der Waals surface area contributed by atoms with Gasteiger partial charge in [-0.1, -0.05) is 49.6 Å². The quantitative estimate of drug-likeness (QED) is 0.542. The van der Waals surface area contributed by atoms with Crippen LogP contribution < -0.4 is 0 Å². The lowest BCUT2D eigenvalue weighted by molar-refractivity contribution is -0.169. The molecule has 2 aromatic rings. The van der Waals surface area contributed by atoms with Crippen molar-refractivity contribution >= 4 is 11.6 Å². The van der Waals surface area contributed by atoms with Gasteiger partial charge in [0.2, 0.25) is 0 Å². The van der Waals surface area contributed by atoms with E-state index in [4.69, 9.17) is 16.3 Å². The van der Waals surface area contributed by atoms with E-state index in [2.05, 4.69) is 6.92 Å². The number of fused-ring (bicyclic) bond motifs is 1. The lowest BCUT2D eigenvalue weighted by atomic mass is 9.89. The fourth-order valence-electron chi connectivity index (χ4n) is 3.29. The number of aryl methyl sites for hydroxylation is 1. The Balaban J connectivity index is 1.93. The van der Waals surface area contributed by atoms with Gasteiger partial charge < -0.3 is 4.74 Å². The smallest absolute Gasteiger partial charge is 0.306 e. The molecule has 0 saturated carbocycles. The van der Waals surface area contributed by atoms with Crippen LogP contribution in [-0.2, 0) is 23.7 Å². The number of hydrogen-bond donors (Lipinski definition) is 0. The highest BCUT2D eigenvalue weighted by Gasteiger charge is 2.49. The highest BCUT2D eigenvalue weighted by atomic mass is 35.5. The van der Waals surface area contributed by atoms with Crippen molar-refractivity contribution in [1.29, 1.82) is 0 Å². The van der Waals surface area contributed by atoms with Crippen LogP contribution in [0.3, 0.4) is 0 Å². The Hall–Kier alpha value is -1.52. The molecule has 0 aromatic heterocycles. The van der Waals surface area contributed by atoms with Crippen molar-refractivity contribution in [3.8, 4) is 0 Å². The number of unbranched alkanes of at least 4 members (excludes halogenated alkanes) is 2. The molecule has 1 aliphatic rings. The summed E-state index contributed by atoms with van der Waals surface area (Å²) in [4.78, 5) is 0. The minimum atomic E-state index is -3.44. The van der Waals surface area contributed by atoms with Gasteiger partial charge in [0, 0.05) is 5.02 Å². The maximum Gasteiger partial charge on any atom is 0.306 e. The Morgan fingerprint density at radius 3 is 2.56 bits per heavy atom. The molecule has 1 nitrogen and oxygen atoms in total. The fraction of sp³-hybridized carbons (Fsp3) is 0.400. The summed E-state index contributed by atoms with van der Waals surface area (Å²) in [6, 6.07) is 8.93. The number of rotatable bonds is 5. The predicted octanol–water partition coefficient (Wildman–Crippen LogP) is 6.58. The SMILES string of the molecule is CCCCCc1cc(F)c2c(c1)COC(c1ccc(Cl)cc1)C2(F)F. The van der Waals surface area contributed by atoms with Crippen LogP contribution in [0.5, 0.6) is 0 Å². The third-order valence-electron chi connectivity index (χ3n) is 4.54. The van der Waals surface area contributed by atoms with Crippen molar-refractivity contribution in [2.45, 2.75) is 51.2 Å². The second kappa shape index (κ2) is 7.38. The number of alkyl halides is 2. The zero-order valence-corrected chi connectivity index (χ0v) is 14.8. The van der Waals surface area contributed by atoms with Crippen LogP contribution in [0.2, 0.25) is 5.02 Å². The van der Waals surface area contributed by atoms with E-state index < -0.39 is 23.4 Å². The molecule has 1 unspecified atom stereocenters. The normalized spacial score (nSPS) is 18.8. The van der Waals surface area contributed by atoms with Gasteiger partial charge in [-0.05, 0) is 47.7 Å². The Kier molecular flexibility index (Phi) is 5.40. The van der Waals surface area contributed by atoms with Crippen LogP contribution in [0.1, 0.15) is 54.5 Å². The van der Waals surface area contributed by atoms with Gasteiger partial charge in [0.05, 0.1) is 12.2 Å². The summed E-state index contributed by atoms with van der Waals surface area (Å²) in [7, 11) is 0. The minimum Gasteiger partial charge on any atom is -0.362 e. The summed E-state index contributed by atoms with van der Waals surface area (Å²) < 4.78 is 49.9. The average Bonchev–Trinajstić information content (AvgIpc) is 2.55. The largest absolute Gasteiger partial charge is 0.362 e. The number of halogens is 4. The standard InChI is InChI=1S/C20H20ClF3O/c1-2-3-4-5-13-10-15-12-25-19(14-6-8-16(21)9-7-14)20(23,24)18(15)17(22)11-13/h6-11,19H,2-5,12H2,1H3. The van der Waals surface area contributed by atoms with Crippen molar-refractivity contribution in [2.24, 2.45) is 0 Å². The molecule has 0 aliphatic carbocycles. The third kappa shape index (κ3) is 3.70. The van der Waals surface area contributed by atoms with Gasteiger partial charge in [-0.15, -0.1) is 0 Å². The van der Waals surface area contributed by atoms with Crippen molar-refractivity contribution in [3.05, 3.63) is 69.5 Å². The lowest BCUT2D eigenvalue weighted by Gasteiger charge is -2.34. The minimum absolute atomic E-state index is 0.0310. The lowest BCUT2D eigenvalue weighted by Crippen LogP contribution is -2.33. The second-order valence-electron chi connectivity index (χ2n) is 6.43. The first kappa shape index (κ1) is 18.3. The van der Waals surface area contributed by atoms with Crippen LogP contribution in [0, 0.1) is 5.82 Å². The highest BCUT2D eigenvalue weighted by Crippen LogP contribution is 2.49. The molecule has 0 saturated heterocycles. The van der Waals surface area contributed by atoms with E-state index in [1.54, 1.807) is 6.07 Å². The van der Waals surface area contributed by atoms with Crippen LogP contribution >= 0.6 is 11.6 Å². The van der Waals surface area contributed by atoms with Gasteiger partial charge in [-0.25, -0.2) is 4.39 Å². The second-order valence-corrected chi connectivity index (χ2v) is 6.87. The van der Waals surface area contributed by atoms with Crippen molar-refractivity contribution < 1.29 is 17.9 Å². The van der Waals surface area contributed by atoms with E-state index in [9.17, 15) is 13.2 Å². The summed E-state index contributed by atoms with van der Waals surface area (Å²) >= 11 is 5.81. The maximum atomic E-state index is 14.9. The molecule has 25 heavy (non-hydrogen) atoms. The van der Waals surface area contributed by atoms with E-state index in [0.717, 1.165) is 24.8 Å². The molecule has 1 atom stereocenters. The summed E-state index contributed by atoms with van der Waals surface area (Å²) in [5, 5.41) is 0.450. The summed E-state index contributed by atoms with van der Waals surface area (Å²) in [6.45, 7) is 2.05. The molecule has 134 valence electrons. The molecule has 0 fully saturated rings. The molecule has 0 bridgehead atoms. The predicted molar refractivity (Wildman–Crippen MR) is 92.5 cm³/mol. The van der Waals surface area contributed by atoms with Crippen molar-refractivity contribution in [3.63, 3.8) is 0 Å². The fourth-order valence-corrected chi connectivity index (χ4v) is 3.41.